The van der Waals surface area contributed by atoms with Crippen LogP contribution in [-0.2, 0) is 12.6 Å². The summed E-state index contributed by atoms with van der Waals surface area (Å²) < 4.78 is 37.2. The highest BCUT2D eigenvalue weighted by molar-refractivity contribution is 5.12. The number of nitrogens with zero attached hydrogens (tertiary/aromatic N) is 4. The standard InChI is InChI=1S/C16H19F3N4/c1-10(2)13-8-20-14(21-9-13)11(3)4-5-12-6-22-15(23-7-12)16(17,18)19/h6-11H,4-5H2,1-3H3. The molecule has 4 nitrogen and oxygen atoms in total. The largest absolute Gasteiger partial charge is 0.451 e. The lowest BCUT2D eigenvalue weighted by atomic mass is 10.0. The minimum atomic E-state index is -4.50. The number of halogens is 3. The van der Waals surface area contributed by atoms with Crippen LogP contribution in [0.5, 0.6) is 0 Å². The molecular weight excluding hydrogens is 305 g/mol. The van der Waals surface area contributed by atoms with Gasteiger partial charge in [0.05, 0.1) is 0 Å². The monoisotopic (exact) mass is 324 g/mol. The summed E-state index contributed by atoms with van der Waals surface area (Å²) in [4.78, 5) is 15.5. The van der Waals surface area contributed by atoms with Gasteiger partial charge in [-0.2, -0.15) is 13.2 Å². The van der Waals surface area contributed by atoms with Gasteiger partial charge in [-0.15, -0.1) is 0 Å². The van der Waals surface area contributed by atoms with Crippen molar-refractivity contribution >= 4 is 0 Å². The fourth-order valence-electron chi connectivity index (χ4n) is 2.04. The molecule has 0 saturated carbocycles. The summed E-state index contributed by atoms with van der Waals surface area (Å²) in [6, 6.07) is 0. The zero-order valence-corrected chi connectivity index (χ0v) is 13.3. The highest BCUT2D eigenvalue weighted by Gasteiger charge is 2.34. The van der Waals surface area contributed by atoms with Crippen LogP contribution >= 0.6 is 0 Å². The molecule has 0 aliphatic rings. The Morgan fingerprint density at radius 3 is 1.96 bits per heavy atom. The van der Waals surface area contributed by atoms with Crippen LogP contribution in [0.15, 0.2) is 24.8 Å². The Balaban J connectivity index is 1.94. The molecule has 0 saturated heterocycles. The summed E-state index contributed by atoms with van der Waals surface area (Å²) in [5, 5.41) is 0. The number of alkyl halides is 3. The molecule has 0 aliphatic heterocycles. The van der Waals surface area contributed by atoms with E-state index in [1.54, 1.807) is 0 Å². The summed E-state index contributed by atoms with van der Waals surface area (Å²) in [7, 11) is 0. The molecule has 124 valence electrons. The number of hydrogen-bond donors (Lipinski definition) is 0. The van der Waals surface area contributed by atoms with Crippen molar-refractivity contribution in [3.8, 4) is 0 Å². The van der Waals surface area contributed by atoms with Crippen molar-refractivity contribution in [1.82, 2.24) is 19.9 Å². The van der Waals surface area contributed by atoms with Gasteiger partial charge in [-0.25, -0.2) is 19.9 Å². The van der Waals surface area contributed by atoms with Crippen LogP contribution in [0.25, 0.3) is 0 Å². The van der Waals surface area contributed by atoms with Crippen LogP contribution in [0, 0.1) is 0 Å². The van der Waals surface area contributed by atoms with Crippen LogP contribution < -0.4 is 0 Å². The maximum absolute atomic E-state index is 12.4. The third-order valence-electron chi connectivity index (χ3n) is 3.62. The van der Waals surface area contributed by atoms with Crippen molar-refractivity contribution in [3.63, 3.8) is 0 Å². The van der Waals surface area contributed by atoms with E-state index >= 15 is 0 Å². The Bertz CT molecular complexity index is 621. The van der Waals surface area contributed by atoms with Gasteiger partial charge < -0.3 is 0 Å². The molecule has 7 heteroatoms. The molecule has 0 aromatic carbocycles. The van der Waals surface area contributed by atoms with E-state index in [1.807, 2.05) is 19.3 Å². The lowest BCUT2D eigenvalue weighted by molar-refractivity contribution is -0.145. The molecule has 0 bridgehead atoms. The average molecular weight is 324 g/mol. The molecule has 0 N–H and O–H groups in total. The molecule has 0 fully saturated rings. The van der Waals surface area contributed by atoms with Crippen molar-refractivity contribution in [2.24, 2.45) is 0 Å². The molecule has 0 spiro atoms. The van der Waals surface area contributed by atoms with E-state index in [4.69, 9.17) is 0 Å². The van der Waals surface area contributed by atoms with Crippen LogP contribution in [-0.4, -0.2) is 19.9 Å². The Morgan fingerprint density at radius 1 is 0.913 bits per heavy atom. The third-order valence-corrected chi connectivity index (χ3v) is 3.62. The van der Waals surface area contributed by atoms with E-state index in [-0.39, 0.29) is 5.92 Å². The van der Waals surface area contributed by atoms with Crippen molar-refractivity contribution in [1.29, 1.82) is 0 Å². The topological polar surface area (TPSA) is 51.6 Å². The molecule has 0 radical (unpaired) electrons. The number of aromatic nitrogens is 4. The minimum absolute atomic E-state index is 0.110. The zero-order valence-electron chi connectivity index (χ0n) is 13.3. The molecular formula is C16H19F3N4. The second-order valence-electron chi connectivity index (χ2n) is 5.88. The maximum atomic E-state index is 12.4. The fourth-order valence-corrected chi connectivity index (χ4v) is 2.04. The highest BCUT2D eigenvalue weighted by Crippen LogP contribution is 2.26. The first-order valence-electron chi connectivity index (χ1n) is 7.47. The number of hydrogen-bond acceptors (Lipinski definition) is 4. The molecule has 2 rings (SSSR count). The van der Waals surface area contributed by atoms with E-state index in [2.05, 4.69) is 33.8 Å². The molecule has 0 aliphatic carbocycles. The lowest BCUT2D eigenvalue weighted by Crippen LogP contribution is -2.11. The average Bonchev–Trinajstić information content (AvgIpc) is 2.52. The van der Waals surface area contributed by atoms with Crippen molar-refractivity contribution in [3.05, 3.63) is 47.6 Å². The Kier molecular flexibility index (Phi) is 5.28. The minimum Gasteiger partial charge on any atom is -0.241 e. The predicted octanol–water partition coefficient (Wildman–Crippen LogP) is 4.15. The smallest absolute Gasteiger partial charge is 0.241 e. The van der Waals surface area contributed by atoms with Crippen LogP contribution in [0.3, 0.4) is 0 Å². The van der Waals surface area contributed by atoms with Gasteiger partial charge in [0.25, 0.3) is 0 Å². The second-order valence-corrected chi connectivity index (χ2v) is 5.88. The van der Waals surface area contributed by atoms with Gasteiger partial charge in [0.1, 0.15) is 5.82 Å². The second kappa shape index (κ2) is 7.02. The first-order chi connectivity index (χ1) is 10.8. The molecule has 23 heavy (non-hydrogen) atoms. The van der Waals surface area contributed by atoms with Gasteiger partial charge >= 0.3 is 6.18 Å². The Hall–Kier alpha value is -2.05. The summed E-state index contributed by atoms with van der Waals surface area (Å²) >= 11 is 0. The van der Waals surface area contributed by atoms with Gasteiger partial charge in [0.2, 0.25) is 5.82 Å². The van der Waals surface area contributed by atoms with Gasteiger partial charge in [0.15, 0.2) is 0 Å². The van der Waals surface area contributed by atoms with Crippen LogP contribution in [0.1, 0.15) is 61.8 Å². The van der Waals surface area contributed by atoms with E-state index in [0.29, 0.717) is 17.9 Å². The van der Waals surface area contributed by atoms with E-state index in [9.17, 15) is 13.2 Å². The first-order valence-corrected chi connectivity index (χ1v) is 7.47. The first kappa shape index (κ1) is 17.3. The normalized spacial score (nSPS) is 13.3. The van der Waals surface area contributed by atoms with Crippen LogP contribution in [0.2, 0.25) is 0 Å². The zero-order chi connectivity index (χ0) is 17.0. The molecule has 2 aromatic rings. The van der Waals surface area contributed by atoms with Gasteiger partial charge in [0, 0.05) is 30.7 Å². The van der Waals surface area contributed by atoms with Gasteiger partial charge in [-0.05, 0) is 29.9 Å². The molecule has 2 heterocycles. The van der Waals surface area contributed by atoms with Gasteiger partial charge in [-0.3, -0.25) is 0 Å². The molecule has 2 aromatic heterocycles. The number of rotatable bonds is 5. The summed E-state index contributed by atoms with van der Waals surface area (Å²) in [5.74, 6) is 0.117. The molecule has 1 atom stereocenters. The quantitative estimate of drug-likeness (QED) is 0.829. The van der Waals surface area contributed by atoms with E-state index in [1.165, 1.54) is 12.4 Å². The predicted molar refractivity (Wildman–Crippen MR) is 79.9 cm³/mol. The lowest BCUT2D eigenvalue weighted by Gasteiger charge is -2.11. The van der Waals surface area contributed by atoms with E-state index in [0.717, 1.165) is 17.8 Å². The third kappa shape index (κ3) is 4.71. The van der Waals surface area contributed by atoms with Crippen molar-refractivity contribution in [2.75, 3.05) is 0 Å². The molecule has 1 unspecified atom stereocenters. The van der Waals surface area contributed by atoms with Crippen molar-refractivity contribution in [2.45, 2.75) is 51.6 Å². The SMILES string of the molecule is CC(C)c1cnc(C(C)CCc2cnc(C(F)(F)F)nc2)nc1. The maximum Gasteiger partial charge on any atom is 0.451 e. The Labute approximate surface area is 133 Å². The molecule has 0 amide bonds. The number of aryl methyl sites for hydroxylation is 1. The van der Waals surface area contributed by atoms with Crippen molar-refractivity contribution < 1.29 is 13.2 Å². The van der Waals surface area contributed by atoms with Crippen LogP contribution in [0.4, 0.5) is 13.2 Å². The summed E-state index contributed by atoms with van der Waals surface area (Å²) in [6.45, 7) is 6.15. The Morgan fingerprint density at radius 2 is 1.48 bits per heavy atom. The van der Waals surface area contributed by atoms with E-state index < -0.39 is 12.0 Å². The summed E-state index contributed by atoms with van der Waals surface area (Å²) in [6.07, 6.45) is 2.90. The van der Waals surface area contributed by atoms with Gasteiger partial charge in [-0.1, -0.05) is 20.8 Å². The fraction of sp³-hybridized carbons (Fsp3) is 0.500. The summed E-state index contributed by atoms with van der Waals surface area (Å²) in [5.41, 5.74) is 1.75. The highest BCUT2D eigenvalue weighted by atomic mass is 19.4.